The van der Waals surface area contributed by atoms with Crippen LogP contribution in [-0.4, -0.2) is 31.9 Å². The molecule has 1 aliphatic rings. The van der Waals surface area contributed by atoms with Crippen LogP contribution in [0, 0.1) is 39.9 Å². The third-order valence-electron chi connectivity index (χ3n) is 4.08. The molecule has 118 valence electrons. The van der Waals surface area contributed by atoms with Crippen molar-refractivity contribution in [2.75, 3.05) is 14.2 Å². The second-order valence-corrected chi connectivity index (χ2v) is 5.18. The monoisotopic (exact) mass is 306 g/mol. The number of esters is 2. The van der Waals surface area contributed by atoms with Gasteiger partial charge in [-0.25, -0.2) is 0 Å². The molecule has 0 saturated heterocycles. The van der Waals surface area contributed by atoms with Gasteiger partial charge in [-0.2, -0.15) is 10.5 Å². The molecule has 0 aromatic rings. The third kappa shape index (κ3) is 2.94. The highest BCUT2D eigenvalue weighted by Gasteiger charge is 2.59. The number of carbonyl (C=O) groups excluding carboxylic acids is 3. The zero-order chi connectivity index (χ0) is 16.8. The van der Waals surface area contributed by atoms with Crippen molar-refractivity contribution in [2.45, 2.75) is 32.1 Å². The number of carbonyl (C=O) groups is 3. The number of ether oxygens (including phenoxy) is 2. The van der Waals surface area contributed by atoms with Crippen molar-refractivity contribution in [2.24, 2.45) is 17.3 Å². The van der Waals surface area contributed by atoms with Crippen LogP contribution in [0.5, 0.6) is 0 Å². The van der Waals surface area contributed by atoms with Crippen LogP contribution in [-0.2, 0) is 23.9 Å². The maximum Gasteiger partial charge on any atom is 0.328 e. The van der Waals surface area contributed by atoms with Gasteiger partial charge in [0.2, 0.25) is 0 Å². The molecular weight excluding hydrogens is 288 g/mol. The van der Waals surface area contributed by atoms with Gasteiger partial charge < -0.3 is 9.47 Å². The van der Waals surface area contributed by atoms with Crippen LogP contribution in [0.2, 0.25) is 0 Å². The molecule has 0 spiro atoms. The Morgan fingerprint density at radius 2 is 1.91 bits per heavy atom. The average Bonchev–Trinajstić information content (AvgIpc) is 2.76. The fraction of sp³-hybridized carbons (Fsp3) is 0.667. The summed E-state index contributed by atoms with van der Waals surface area (Å²) < 4.78 is 9.19. The van der Waals surface area contributed by atoms with Crippen molar-refractivity contribution in [1.82, 2.24) is 0 Å². The second-order valence-electron chi connectivity index (χ2n) is 5.18. The second kappa shape index (κ2) is 7.56. The maximum absolute atomic E-state index is 12.4. The highest BCUT2D eigenvalue weighted by atomic mass is 16.5. The number of hydrogen-bond acceptors (Lipinski definition) is 7. The Bertz CT molecular complexity index is 545. The Hall–Kier alpha value is -2.41. The van der Waals surface area contributed by atoms with E-state index in [1.54, 1.807) is 12.1 Å². The molecule has 0 aromatic heterocycles. The van der Waals surface area contributed by atoms with Crippen molar-refractivity contribution in [1.29, 1.82) is 10.5 Å². The molecule has 0 heterocycles. The quantitative estimate of drug-likeness (QED) is 0.564. The summed E-state index contributed by atoms with van der Waals surface area (Å²) in [5.74, 6) is -5.12. The van der Waals surface area contributed by atoms with Gasteiger partial charge in [0.15, 0.2) is 11.3 Å². The summed E-state index contributed by atoms with van der Waals surface area (Å²) in [7, 11) is 2.11. The predicted octanol–water partition coefficient (Wildman–Crippen LogP) is 1.13. The lowest BCUT2D eigenvalue weighted by Crippen LogP contribution is -2.50. The van der Waals surface area contributed by atoms with Crippen LogP contribution in [0.3, 0.4) is 0 Å². The molecule has 1 fully saturated rings. The molecule has 0 N–H and O–H groups in total. The van der Waals surface area contributed by atoms with Gasteiger partial charge in [0.1, 0.15) is 5.78 Å². The Labute approximate surface area is 128 Å². The van der Waals surface area contributed by atoms with Gasteiger partial charge in [0.05, 0.1) is 26.4 Å². The highest BCUT2D eigenvalue weighted by molar-refractivity contribution is 5.96. The molecule has 0 aromatic carbocycles. The van der Waals surface area contributed by atoms with Crippen molar-refractivity contribution < 1.29 is 23.9 Å². The minimum atomic E-state index is -2.17. The molecule has 0 bridgehead atoms. The number of nitrogens with zero attached hydrogens (tertiary/aromatic N) is 2. The lowest BCUT2D eigenvalue weighted by Gasteiger charge is -2.32. The van der Waals surface area contributed by atoms with E-state index < -0.39 is 29.2 Å². The number of rotatable bonds is 4. The molecule has 1 rings (SSSR count). The minimum Gasteiger partial charge on any atom is -0.468 e. The van der Waals surface area contributed by atoms with Crippen LogP contribution in [0.1, 0.15) is 32.1 Å². The van der Waals surface area contributed by atoms with E-state index in [1.165, 1.54) is 0 Å². The number of methoxy groups -OCH3 is 2. The average molecular weight is 306 g/mol. The van der Waals surface area contributed by atoms with Crippen molar-refractivity contribution in [3.05, 3.63) is 0 Å². The minimum absolute atomic E-state index is 0.213. The van der Waals surface area contributed by atoms with E-state index in [0.717, 1.165) is 20.6 Å². The number of nitriles is 2. The van der Waals surface area contributed by atoms with E-state index in [2.05, 4.69) is 9.47 Å². The molecule has 0 amide bonds. The van der Waals surface area contributed by atoms with E-state index >= 15 is 0 Å². The molecule has 1 saturated carbocycles. The topological polar surface area (TPSA) is 117 Å². The SMILES string of the molecule is COC(=O)[C@@H](C#N)[C@](C#N)(C(=O)OC)[C@@H]1CCCCCC1=O. The van der Waals surface area contributed by atoms with Crippen LogP contribution in [0.4, 0.5) is 0 Å². The molecule has 0 aliphatic heterocycles. The van der Waals surface area contributed by atoms with E-state index in [1.807, 2.05) is 0 Å². The first kappa shape index (κ1) is 17.6. The predicted molar refractivity (Wildman–Crippen MR) is 72.8 cm³/mol. The summed E-state index contributed by atoms with van der Waals surface area (Å²) in [5.41, 5.74) is -2.17. The molecule has 1 aliphatic carbocycles. The summed E-state index contributed by atoms with van der Waals surface area (Å²) >= 11 is 0. The lowest BCUT2D eigenvalue weighted by molar-refractivity contribution is -0.165. The lowest BCUT2D eigenvalue weighted by atomic mass is 9.64. The molecule has 7 nitrogen and oxygen atoms in total. The number of ketones is 1. The van der Waals surface area contributed by atoms with Gasteiger partial charge in [0.25, 0.3) is 0 Å². The summed E-state index contributed by atoms with van der Waals surface area (Å²) in [5, 5.41) is 18.9. The van der Waals surface area contributed by atoms with Gasteiger partial charge in [-0.1, -0.05) is 12.8 Å². The molecule has 0 radical (unpaired) electrons. The molecule has 0 unspecified atom stereocenters. The van der Waals surface area contributed by atoms with Crippen LogP contribution in [0.15, 0.2) is 0 Å². The van der Waals surface area contributed by atoms with Gasteiger partial charge in [-0.3, -0.25) is 14.4 Å². The molecule has 22 heavy (non-hydrogen) atoms. The highest BCUT2D eigenvalue weighted by Crippen LogP contribution is 2.43. The van der Waals surface area contributed by atoms with Crippen LogP contribution >= 0.6 is 0 Å². The van der Waals surface area contributed by atoms with Crippen LogP contribution < -0.4 is 0 Å². The summed E-state index contributed by atoms with van der Waals surface area (Å²) in [6.07, 6.45) is 2.56. The number of Topliss-reactive ketones (excluding diaryl/α,β-unsaturated/α-hetero) is 1. The van der Waals surface area contributed by atoms with E-state index in [-0.39, 0.29) is 18.6 Å². The third-order valence-corrected chi connectivity index (χ3v) is 4.08. The Balaban J connectivity index is 3.47. The first-order valence-electron chi connectivity index (χ1n) is 6.99. The van der Waals surface area contributed by atoms with E-state index in [0.29, 0.717) is 12.8 Å². The standard InChI is InChI=1S/C15H18N2O5/c1-21-13(19)11(8-16)15(9-17,14(20)22-2)10-6-4-3-5-7-12(10)18/h10-11H,3-7H2,1-2H3/t10-,11-,15-/m1/s1. The summed E-state index contributed by atoms with van der Waals surface area (Å²) in [4.78, 5) is 36.5. The van der Waals surface area contributed by atoms with Crippen LogP contribution in [0.25, 0.3) is 0 Å². The van der Waals surface area contributed by atoms with Gasteiger partial charge in [0, 0.05) is 12.3 Å². The first-order chi connectivity index (χ1) is 10.5. The van der Waals surface area contributed by atoms with E-state index in [4.69, 9.17) is 0 Å². The van der Waals surface area contributed by atoms with Gasteiger partial charge in [-0.05, 0) is 12.8 Å². The van der Waals surface area contributed by atoms with Crippen molar-refractivity contribution >= 4 is 17.7 Å². The summed E-state index contributed by atoms with van der Waals surface area (Å²) in [6.45, 7) is 0. The smallest absolute Gasteiger partial charge is 0.328 e. The molecule has 3 atom stereocenters. The van der Waals surface area contributed by atoms with E-state index in [9.17, 15) is 24.9 Å². The molecular formula is C15H18N2O5. The van der Waals surface area contributed by atoms with Crippen molar-refractivity contribution in [3.63, 3.8) is 0 Å². The first-order valence-corrected chi connectivity index (χ1v) is 6.99. The van der Waals surface area contributed by atoms with Gasteiger partial charge >= 0.3 is 11.9 Å². The maximum atomic E-state index is 12.4. The largest absolute Gasteiger partial charge is 0.468 e. The fourth-order valence-electron chi connectivity index (χ4n) is 2.92. The Morgan fingerprint density at radius 1 is 1.23 bits per heavy atom. The summed E-state index contributed by atoms with van der Waals surface area (Å²) in [6, 6.07) is 3.39. The molecule has 7 heteroatoms. The van der Waals surface area contributed by atoms with Gasteiger partial charge in [-0.15, -0.1) is 0 Å². The zero-order valence-corrected chi connectivity index (χ0v) is 12.6. The normalized spacial score (nSPS) is 22.2. The Morgan fingerprint density at radius 3 is 2.41 bits per heavy atom. The van der Waals surface area contributed by atoms with Crippen molar-refractivity contribution in [3.8, 4) is 12.1 Å². The fourth-order valence-corrected chi connectivity index (χ4v) is 2.92. The Kier molecular flexibility index (Phi) is 6.06. The zero-order valence-electron chi connectivity index (χ0n) is 12.6. The number of hydrogen-bond donors (Lipinski definition) is 0.